The van der Waals surface area contributed by atoms with Gasteiger partial charge in [-0.25, -0.2) is 0 Å². The van der Waals surface area contributed by atoms with Gasteiger partial charge in [-0.1, -0.05) is 39.3 Å². The number of halogens is 1. The van der Waals surface area contributed by atoms with Gasteiger partial charge in [-0.15, -0.1) is 11.3 Å². The second-order valence-corrected chi connectivity index (χ2v) is 6.60. The number of allylic oxidation sites excluding steroid dienone is 1. The smallest absolute Gasteiger partial charge is 0.0931 e. The van der Waals surface area contributed by atoms with Crippen LogP contribution < -0.4 is 0 Å². The molecule has 0 saturated heterocycles. The average Bonchev–Trinajstić information content (AvgIpc) is 2.71. The Bertz CT molecular complexity index is 316. The molecular weight excluding hydrogens is 240 g/mol. The molecule has 0 saturated carbocycles. The fourth-order valence-corrected chi connectivity index (χ4v) is 4.05. The zero-order valence-electron chi connectivity index (χ0n) is 6.83. The van der Waals surface area contributed by atoms with Crippen LogP contribution in [0.3, 0.4) is 0 Å². The molecule has 0 N–H and O–H groups in total. The van der Waals surface area contributed by atoms with E-state index in [1.54, 1.807) is 11.3 Å². The summed E-state index contributed by atoms with van der Waals surface area (Å²) < 4.78 is 0.880. The molecule has 2 heterocycles. The van der Waals surface area contributed by atoms with Crippen LogP contribution in [-0.2, 0) is 6.42 Å². The van der Waals surface area contributed by atoms with Gasteiger partial charge in [-0.3, -0.25) is 0 Å². The minimum absolute atomic E-state index is 0.880. The maximum Gasteiger partial charge on any atom is 0.0931 e. The molecule has 69 valence electrons. The Kier molecular flexibility index (Phi) is 3.66. The van der Waals surface area contributed by atoms with Crippen molar-refractivity contribution < 1.29 is 0 Å². The third-order valence-corrected chi connectivity index (χ3v) is 5.09. The maximum absolute atomic E-state index is 5.84. The minimum Gasteiger partial charge on any atom is -0.132 e. The molecule has 0 bridgehead atoms. The van der Waals surface area contributed by atoms with Crippen molar-refractivity contribution in [2.45, 2.75) is 6.42 Å². The molecule has 1 aromatic rings. The van der Waals surface area contributed by atoms with E-state index >= 15 is 0 Å². The zero-order valence-corrected chi connectivity index (χ0v) is 10.0. The lowest BCUT2D eigenvalue weighted by molar-refractivity contribution is 1.21. The lowest BCUT2D eigenvalue weighted by Crippen LogP contribution is -1.82. The van der Waals surface area contributed by atoms with Gasteiger partial charge in [0.05, 0.1) is 4.34 Å². The third kappa shape index (κ3) is 2.94. The lowest BCUT2D eigenvalue weighted by Gasteiger charge is -1.96. The Morgan fingerprint density at radius 2 is 2.46 bits per heavy atom. The summed E-state index contributed by atoms with van der Waals surface area (Å²) in [5.41, 5.74) is 1.31. The van der Waals surface area contributed by atoms with Gasteiger partial charge in [0.15, 0.2) is 0 Å². The average molecular weight is 248 g/mol. The van der Waals surface area contributed by atoms with Crippen LogP contribution in [0.5, 0.6) is 0 Å². The summed E-state index contributed by atoms with van der Waals surface area (Å²) in [6.07, 6.45) is 5.54. The fraction of sp³-hybridized carbons (Fsp3) is 0.222. The highest BCUT2D eigenvalue weighted by Crippen LogP contribution is 2.38. The summed E-state index contributed by atoms with van der Waals surface area (Å²) in [5.74, 6) is 1.14. The van der Waals surface area contributed by atoms with Crippen LogP contribution in [0.25, 0.3) is 0 Å². The van der Waals surface area contributed by atoms with Gasteiger partial charge in [-0.2, -0.15) is 0 Å². The summed E-state index contributed by atoms with van der Waals surface area (Å²) in [6.45, 7) is 0. The van der Waals surface area contributed by atoms with Crippen LogP contribution in [0.2, 0.25) is 4.34 Å². The van der Waals surface area contributed by atoms with Crippen LogP contribution in [0.4, 0.5) is 0 Å². The van der Waals surface area contributed by atoms with Crippen molar-refractivity contribution in [2.75, 3.05) is 5.75 Å². The maximum atomic E-state index is 5.84. The molecule has 4 heteroatoms. The second-order valence-electron chi connectivity index (χ2n) is 2.64. The zero-order chi connectivity index (χ0) is 9.10. The Labute approximate surface area is 95.2 Å². The number of rotatable bonds is 3. The molecule has 1 radical (unpaired) electrons. The Morgan fingerprint density at radius 1 is 1.54 bits per heavy atom. The Morgan fingerprint density at radius 3 is 3.08 bits per heavy atom. The molecule has 0 spiro atoms. The summed E-state index contributed by atoms with van der Waals surface area (Å²) in [6, 6.07) is 2.04. The van der Waals surface area contributed by atoms with Gasteiger partial charge in [-0.05, 0) is 28.3 Å². The standard InChI is InChI=1S/C9H8ClS3/c10-9-5-7(6-11-9)1-2-8-3-4-12-13-8/h2-3,5-6H,1,4H2. The van der Waals surface area contributed by atoms with Crippen molar-refractivity contribution in [3.63, 3.8) is 0 Å². The van der Waals surface area contributed by atoms with E-state index in [1.807, 2.05) is 27.7 Å². The predicted octanol–water partition coefficient (Wildman–Crippen LogP) is 4.43. The van der Waals surface area contributed by atoms with Crippen molar-refractivity contribution in [3.05, 3.63) is 38.7 Å². The first-order chi connectivity index (χ1) is 6.34. The summed E-state index contributed by atoms with van der Waals surface area (Å²) in [5, 5.41) is 2.12. The van der Waals surface area contributed by atoms with Crippen molar-refractivity contribution in [2.24, 2.45) is 0 Å². The molecule has 0 aromatic carbocycles. The largest absolute Gasteiger partial charge is 0.132 e. The Hall–Kier alpha value is 0.430. The topological polar surface area (TPSA) is 0 Å². The normalized spacial score (nSPS) is 16.2. The first-order valence-corrected chi connectivity index (χ1v) is 7.48. The first kappa shape index (κ1) is 9.97. The molecule has 2 rings (SSSR count). The van der Waals surface area contributed by atoms with E-state index in [2.05, 4.69) is 17.9 Å². The van der Waals surface area contributed by atoms with Crippen molar-refractivity contribution in [1.29, 1.82) is 0 Å². The summed E-state index contributed by atoms with van der Waals surface area (Å²) in [7, 11) is 3.75. The van der Waals surface area contributed by atoms with Gasteiger partial charge in [0, 0.05) is 12.2 Å². The minimum atomic E-state index is 0.880. The van der Waals surface area contributed by atoms with E-state index in [1.165, 1.54) is 10.5 Å². The van der Waals surface area contributed by atoms with Crippen LogP contribution >= 0.6 is 44.5 Å². The van der Waals surface area contributed by atoms with E-state index in [4.69, 9.17) is 11.6 Å². The molecule has 0 unspecified atom stereocenters. The molecule has 1 aliphatic heterocycles. The van der Waals surface area contributed by atoms with Crippen LogP contribution in [0.15, 0.2) is 22.4 Å². The summed E-state index contributed by atoms with van der Waals surface area (Å²) >= 11 is 7.44. The second kappa shape index (κ2) is 4.78. The lowest BCUT2D eigenvalue weighted by atomic mass is 10.2. The van der Waals surface area contributed by atoms with Gasteiger partial charge in [0.2, 0.25) is 0 Å². The molecule has 1 aromatic heterocycles. The highest BCUT2D eigenvalue weighted by atomic mass is 35.5. The quantitative estimate of drug-likeness (QED) is 0.725. The van der Waals surface area contributed by atoms with E-state index in [0.717, 1.165) is 16.5 Å². The number of hydrogen-bond acceptors (Lipinski definition) is 3. The van der Waals surface area contributed by atoms with E-state index < -0.39 is 0 Å². The highest BCUT2D eigenvalue weighted by molar-refractivity contribution is 8.78. The van der Waals surface area contributed by atoms with Crippen molar-refractivity contribution in [1.82, 2.24) is 0 Å². The van der Waals surface area contributed by atoms with Gasteiger partial charge >= 0.3 is 0 Å². The SMILES string of the molecule is Clc1cc(C[CH]C2=CCSS2)cs1. The molecule has 0 atom stereocenters. The monoisotopic (exact) mass is 247 g/mol. The van der Waals surface area contributed by atoms with Gasteiger partial charge in [0.1, 0.15) is 0 Å². The highest BCUT2D eigenvalue weighted by Gasteiger charge is 2.06. The first-order valence-electron chi connectivity index (χ1n) is 3.90. The van der Waals surface area contributed by atoms with Crippen LogP contribution in [-0.4, -0.2) is 5.75 Å². The van der Waals surface area contributed by atoms with E-state index in [9.17, 15) is 0 Å². The van der Waals surface area contributed by atoms with E-state index in [-0.39, 0.29) is 0 Å². The molecule has 0 aliphatic carbocycles. The number of hydrogen-bond donors (Lipinski definition) is 0. The fourth-order valence-electron chi connectivity index (χ4n) is 1.04. The summed E-state index contributed by atoms with van der Waals surface area (Å²) in [4.78, 5) is 1.40. The van der Waals surface area contributed by atoms with Crippen molar-refractivity contribution in [3.8, 4) is 0 Å². The van der Waals surface area contributed by atoms with Gasteiger partial charge in [0.25, 0.3) is 0 Å². The predicted molar refractivity (Wildman–Crippen MR) is 65.5 cm³/mol. The molecule has 0 amide bonds. The molecule has 0 fully saturated rings. The van der Waals surface area contributed by atoms with Crippen LogP contribution in [0.1, 0.15) is 5.56 Å². The van der Waals surface area contributed by atoms with E-state index in [0.29, 0.717) is 0 Å². The Balaban J connectivity index is 1.85. The van der Waals surface area contributed by atoms with Gasteiger partial charge < -0.3 is 0 Å². The van der Waals surface area contributed by atoms with Crippen LogP contribution in [0, 0.1) is 6.42 Å². The molecular formula is C9H8ClS3. The molecule has 13 heavy (non-hydrogen) atoms. The van der Waals surface area contributed by atoms with Crippen molar-refractivity contribution >= 4 is 44.5 Å². The number of thiophene rings is 1. The third-order valence-electron chi connectivity index (χ3n) is 1.67. The molecule has 0 nitrogen and oxygen atoms in total. The molecule has 1 aliphatic rings.